The average molecular weight is 204 g/mol. The third kappa shape index (κ3) is 1.68. The van der Waals surface area contributed by atoms with Gasteiger partial charge in [0.2, 0.25) is 0 Å². The lowest BCUT2D eigenvalue weighted by molar-refractivity contribution is 0.210. The van der Waals surface area contributed by atoms with E-state index in [4.69, 9.17) is 0 Å². The van der Waals surface area contributed by atoms with E-state index in [9.17, 15) is 0 Å². The molecule has 0 fully saturated rings. The zero-order chi connectivity index (χ0) is 11.1. The summed E-state index contributed by atoms with van der Waals surface area (Å²) < 4.78 is 0. The molecule has 0 heteroatoms. The van der Waals surface area contributed by atoms with Crippen LogP contribution < -0.4 is 0 Å². The minimum atomic E-state index is 0.535. The van der Waals surface area contributed by atoms with Crippen LogP contribution in [0.3, 0.4) is 0 Å². The second-order valence-corrected chi connectivity index (χ2v) is 5.86. The number of allylic oxidation sites excluding steroid dienone is 4. The predicted molar refractivity (Wildman–Crippen MR) is 66.7 cm³/mol. The van der Waals surface area contributed by atoms with Gasteiger partial charge in [-0.25, -0.2) is 0 Å². The first-order chi connectivity index (χ1) is 7.06. The highest BCUT2D eigenvalue weighted by Gasteiger charge is 2.43. The van der Waals surface area contributed by atoms with E-state index in [1.54, 1.807) is 11.1 Å². The van der Waals surface area contributed by atoms with Gasteiger partial charge in [0.25, 0.3) is 0 Å². The van der Waals surface area contributed by atoms with Crippen LogP contribution in [0.1, 0.15) is 53.4 Å². The second-order valence-electron chi connectivity index (χ2n) is 5.86. The van der Waals surface area contributed by atoms with Crippen LogP contribution in [0.4, 0.5) is 0 Å². The second kappa shape index (κ2) is 3.81. The Morgan fingerprint density at radius 1 is 1.33 bits per heavy atom. The molecule has 0 aliphatic heterocycles. The van der Waals surface area contributed by atoms with Gasteiger partial charge in [-0.05, 0) is 49.9 Å². The highest BCUT2D eigenvalue weighted by molar-refractivity contribution is 5.28. The van der Waals surface area contributed by atoms with Crippen molar-refractivity contribution in [3.63, 3.8) is 0 Å². The minimum Gasteiger partial charge on any atom is -0.0847 e. The molecule has 0 aromatic rings. The van der Waals surface area contributed by atoms with Gasteiger partial charge in [0.15, 0.2) is 0 Å². The van der Waals surface area contributed by atoms with Gasteiger partial charge in [-0.3, -0.25) is 0 Å². The minimum absolute atomic E-state index is 0.535. The highest BCUT2D eigenvalue weighted by atomic mass is 14.5. The molecule has 1 spiro atoms. The fourth-order valence-electron chi connectivity index (χ4n) is 3.52. The molecule has 2 rings (SSSR count). The summed E-state index contributed by atoms with van der Waals surface area (Å²) in [5, 5.41) is 0. The maximum absolute atomic E-state index is 2.53. The van der Waals surface area contributed by atoms with Crippen molar-refractivity contribution in [2.24, 2.45) is 17.3 Å². The molecule has 84 valence electrons. The first kappa shape index (κ1) is 11.0. The molecular formula is C15H24. The van der Waals surface area contributed by atoms with E-state index in [0.29, 0.717) is 5.41 Å². The van der Waals surface area contributed by atoms with Gasteiger partial charge in [-0.15, -0.1) is 0 Å². The summed E-state index contributed by atoms with van der Waals surface area (Å²) in [5.74, 6) is 1.60. The molecule has 0 nitrogen and oxygen atoms in total. The SMILES string of the molecule is CC1=CCC2(CC1)C(C(C)C)=CCC2C. The topological polar surface area (TPSA) is 0 Å². The molecule has 15 heavy (non-hydrogen) atoms. The fourth-order valence-corrected chi connectivity index (χ4v) is 3.52. The average Bonchev–Trinajstić information content (AvgIpc) is 2.50. The van der Waals surface area contributed by atoms with Crippen molar-refractivity contribution in [3.05, 3.63) is 23.3 Å². The van der Waals surface area contributed by atoms with Gasteiger partial charge in [0.05, 0.1) is 0 Å². The van der Waals surface area contributed by atoms with Crippen LogP contribution in [-0.4, -0.2) is 0 Å². The molecule has 0 N–H and O–H groups in total. The summed E-state index contributed by atoms with van der Waals surface area (Å²) in [6.45, 7) is 9.44. The first-order valence-corrected chi connectivity index (χ1v) is 6.42. The quantitative estimate of drug-likeness (QED) is 0.542. The molecule has 0 aromatic carbocycles. The van der Waals surface area contributed by atoms with Crippen LogP contribution in [0, 0.1) is 17.3 Å². The molecular weight excluding hydrogens is 180 g/mol. The van der Waals surface area contributed by atoms with Crippen molar-refractivity contribution in [2.45, 2.75) is 53.4 Å². The van der Waals surface area contributed by atoms with Gasteiger partial charge in [-0.1, -0.05) is 44.1 Å². The lowest BCUT2D eigenvalue weighted by Crippen LogP contribution is -2.30. The predicted octanol–water partition coefficient (Wildman–Crippen LogP) is 4.73. The molecule has 0 aromatic heterocycles. The van der Waals surface area contributed by atoms with Gasteiger partial charge in [-0.2, -0.15) is 0 Å². The zero-order valence-electron chi connectivity index (χ0n) is 10.6. The van der Waals surface area contributed by atoms with Crippen molar-refractivity contribution in [1.29, 1.82) is 0 Å². The highest BCUT2D eigenvalue weighted by Crippen LogP contribution is 2.54. The first-order valence-electron chi connectivity index (χ1n) is 6.42. The summed E-state index contributed by atoms with van der Waals surface area (Å²) >= 11 is 0. The Bertz CT molecular complexity index is 306. The molecule has 2 unspecified atom stereocenters. The van der Waals surface area contributed by atoms with Crippen molar-refractivity contribution in [3.8, 4) is 0 Å². The van der Waals surface area contributed by atoms with Crippen LogP contribution >= 0.6 is 0 Å². The molecule has 0 amide bonds. The van der Waals surface area contributed by atoms with Crippen LogP contribution in [0.2, 0.25) is 0 Å². The Balaban J connectivity index is 2.29. The largest absolute Gasteiger partial charge is 0.0847 e. The third-order valence-corrected chi connectivity index (χ3v) is 4.61. The fraction of sp³-hybridized carbons (Fsp3) is 0.733. The van der Waals surface area contributed by atoms with Crippen molar-refractivity contribution in [2.75, 3.05) is 0 Å². The Hall–Kier alpha value is -0.520. The Morgan fingerprint density at radius 2 is 2.07 bits per heavy atom. The van der Waals surface area contributed by atoms with E-state index in [1.807, 2.05) is 0 Å². The molecule has 0 radical (unpaired) electrons. The summed E-state index contributed by atoms with van der Waals surface area (Å²) in [6, 6.07) is 0. The standard InChI is InChI=1S/C15H24/c1-11(2)14-6-5-13(4)15(14)9-7-12(3)8-10-15/h6-7,11,13H,5,8-10H2,1-4H3. The Kier molecular flexibility index (Phi) is 2.79. The zero-order valence-corrected chi connectivity index (χ0v) is 10.6. The van der Waals surface area contributed by atoms with E-state index in [-0.39, 0.29) is 0 Å². The molecule has 2 aliphatic carbocycles. The summed E-state index contributed by atoms with van der Waals surface area (Å²) in [6.07, 6.45) is 10.3. The third-order valence-electron chi connectivity index (χ3n) is 4.61. The van der Waals surface area contributed by atoms with Crippen molar-refractivity contribution >= 4 is 0 Å². The number of hydrogen-bond donors (Lipinski definition) is 0. The maximum atomic E-state index is 2.53. The summed E-state index contributed by atoms with van der Waals surface area (Å²) in [5.41, 5.74) is 3.88. The lowest BCUT2D eigenvalue weighted by atomic mass is 9.64. The molecule has 0 saturated heterocycles. The number of hydrogen-bond acceptors (Lipinski definition) is 0. The van der Waals surface area contributed by atoms with Gasteiger partial charge < -0.3 is 0 Å². The molecule has 0 heterocycles. The van der Waals surface area contributed by atoms with E-state index < -0.39 is 0 Å². The van der Waals surface area contributed by atoms with Gasteiger partial charge in [0.1, 0.15) is 0 Å². The molecule has 0 saturated carbocycles. The summed E-state index contributed by atoms with van der Waals surface area (Å²) in [4.78, 5) is 0. The van der Waals surface area contributed by atoms with E-state index in [2.05, 4.69) is 39.8 Å². The van der Waals surface area contributed by atoms with E-state index >= 15 is 0 Å². The van der Waals surface area contributed by atoms with E-state index in [0.717, 1.165) is 11.8 Å². The molecule has 2 aliphatic rings. The Morgan fingerprint density at radius 3 is 2.60 bits per heavy atom. The normalized spacial score (nSPS) is 35.9. The van der Waals surface area contributed by atoms with Crippen molar-refractivity contribution < 1.29 is 0 Å². The monoisotopic (exact) mass is 204 g/mol. The smallest absolute Gasteiger partial charge is 0.00194 e. The number of rotatable bonds is 1. The lowest BCUT2D eigenvalue weighted by Gasteiger charge is -2.41. The Labute approximate surface area is 94.5 Å². The van der Waals surface area contributed by atoms with Gasteiger partial charge >= 0.3 is 0 Å². The van der Waals surface area contributed by atoms with Crippen LogP contribution in [0.5, 0.6) is 0 Å². The molecule has 0 bridgehead atoms. The maximum Gasteiger partial charge on any atom is -0.00194 e. The molecule has 2 atom stereocenters. The van der Waals surface area contributed by atoms with Crippen LogP contribution in [-0.2, 0) is 0 Å². The van der Waals surface area contributed by atoms with E-state index in [1.165, 1.54) is 25.7 Å². The van der Waals surface area contributed by atoms with Crippen molar-refractivity contribution in [1.82, 2.24) is 0 Å². The van der Waals surface area contributed by atoms with Gasteiger partial charge in [0, 0.05) is 0 Å². The van der Waals surface area contributed by atoms with Crippen LogP contribution in [0.15, 0.2) is 23.3 Å². The summed E-state index contributed by atoms with van der Waals surface area (Å²) in [7, 11) is 0. The van der Waals surface area contributed by atoms with Crippen LogP contribution in [0.25, 0.3) is 0 Å².